The summed E-state index contributed by atoms with van der Waals surface area (Å²) < 4.78 is 0. The number of carbonyl (C=O) groups is 2. The van der Waals surface area contributed by atoms with E-state index < -0.39 is 12.0 Å². The molecule has 5 heteroatoms. The second kappa shape index (κ2) is 5.84. The lowest BCUT2D eigenvalue weighted by atomic mass is 10.0. The van der Waals surface area contributed by atoms with Crippen LogP contribution in [0.25, 0.3) is 0 Å². The number of hydrogen-bond donors (Lipinski definition) is 2. The van der Waals surface area contributed by atoms with Crippen LogP contribution >= 0.6 is 0 Å². The molecule has 1 aliphatic rings. The number of carbonyl (C=O) groups excluding carboxylic acids is 1. The van der Waals surface area contributed by atoms with Crippen LogP contribution in [0.5, 0.6) is 0 Å². The number of hydrogen-bond acceptors (Lipinski definition) is 3. The number of piperidine rings is 1. The Hall–Kier alpha value is -1.10. The van der Waals surface area contributed by atoms with Gasteiger partial charge < -0.3 is 15.7 Å². The van der Waals surface area contributed by atoms with E-state index in [9.17, 15) is 9.59 Å². The van der Waals surface area contributed by atoms with Crippen LogP contribution in [0.1, 0.15) is 39.0 Å². The molecule has 3 N–H and O–H groups in total. The lowest BCUT2D eigenvalue weighted by Crippen LogP contribution is -2.48. The molecule has 0 aromatic rings. The minimum absolute atomic E-state index is 0.0166. The molecule has 1 rings (SSSR count). The molecule has 0 spiro atoms. The van der Waals surface area contributed by atoms with E-state index in [1.165, 1.54) is 4.90 Å². The predicted molar refractivity (Wildman–Crippen MR) is 59.9 cm³/mol. The van der Waals surface area contributed by atoms with E-state index in [1.807, 2.05) is 6.92 Å². The normalized spacial score (nSPS) is 22.9. The first kappa shape index (κ1) is 13.0. The number of nitrogens with two attached hydrogens (primary N) is 1. The molecule has 5 nitrogen and oxygen atoms in total. The molecule has 0 saturated carbocycles. The third-order valence-corrected chi connectivity index (χ3v) is 2.92. The highest BCUT2D eigenvalue weighted by atomic mass is 16.4. The number of nitrogens with zero attached hydrogens (tertiary/aromatic N) is 1. The van der Waals surface area contributed by atoms with Crippen LogP contribution in [0.2, 0.25) is 0 Å². The average Bonchev–Trinajstić information content (AvgIpc) is 2.25. The quantitative estimate of drug-likeness (QED) is 0.737. The Bertz CT molecular complexity index is 266. The maximum Gasteiger partial charge on any atom is 0.326 e. The molecule has 0 aromatic heterocycles. The first-order chi connectivity index (χ1) is 7.52. The molecule has 0 aliphatic carbocycles. The van der Waals surface area contributed by atoms with Gasteiger partial charge in [0.1, 0.15) is 6.04 Å². The molecule has 0 aromatic carbocycles. The van der Waals surface area contributed by atoms with Gasteiger partial charge in [-0.25, -0.2) is 4.79 Å². The van der Waals surface area contributed by atoms with Gasteiger partial charge in [-0.1, -0.05) is 0 Å². The number of aliphatic carboxylic acids is 1. The largest absolute Gasteiger partial charge is 0.480 e. The Balaban J connectivity index is 2.54. The summed E-state index contributed by atoms with van der Waals surface area (Å²) in [5.41, 5.74) is 5.58. The zero-order valence-electron chi connectivity index (χ0n) is 9.69. The van der Waals surface area contributed by atoms with Crippen molar-refractivity contribution in [1.82, 2.24) is 4.90 Å². The molecular weight excluding hydrogens is 208 g/mol. The van der Waals surface area contributed by atoms with Gasteiger partial charge in [-0.3, -0.25) is 4.79 Å². The second-order valence-corrected chi connectivity index (χ2v) is 4.45. The number of amides is 1. The van der Waals surface area contributed by atoms with Gasteiger partial charge in [-0.05, 0) is 32.6 Å². The van der Waals surface area contributed by atoms with Crippen molar-refractivity contribution >= 4 is 11.9 Å². The van der Waals surface area contributed by atoms with Crippen molar-refractivity contribution in [2.24, 2.45) is 5.73 Å². The van der Waals surface area contributed by atoms with Crippen molar-refractivity contribution in [2.45, 2.75) is 51.1 Å². The number of likely N-dealkylation sites (tertiary alicyclic amines) is 1. The zero-order chi connectivity index (χ0) is 12.1. The fourth-order valence-electron chi connectivity index (χ4n) is 1.98. The van der Waals surface area contributed by atoms with Gasteiger partial charge in [0.15, 0.2) is 0 Å². The van der Waals surface area contributed by atoms with Crippen LogP contribution in [0.3, 0.4) is 0 Å². The fourth-order valence-corrected chi connectivity index (χ4v) is 1.98. The fraction of sp³-hybridized carbons (Fsp3) is 0.818. The molecule has 1 aliphatic heterocycles. The molecule has 0 bridgehead atoms. The third kappa shape index (κ3) is 3.48. The van der Waals surface area contributed by atoms with Gasteiger partial charge >= 0.3 is 5.97 Å². The summed E-state index contributed by atoms with van der Waals surface area (Å²) >= 11 is 0. The Morgan fingerprint density at radius 1 is 1.50 bits per heavy atom. The molecule has 1 unspecified atom stereocenters. The van der Waals surface area contributed by atoms with Crippen LogP contribution < -0.4 is 5.73 Å². The molecular formula is C11H20N2O3. The Morgan fingerprint density at radius 3 is 2.75 bits per heavy atom. The molecule has 16 heavy (non-hydrogen) atoms. The van der Waals surface area contributed by atoms with Crippen LogP contribution in [0, 0.1) is 0 Å². The van der Waals surface area contributed by atoms with Crippen molar-refractivity contribution < 1.29 is 14.7 Å². The maximum atomic E-state index is 11.8. The summed E-state index contributed by atoms with van der Waals surface area (Å²) in [7, 11) is 0. The third-order valence-electron chi connectivity index (χ3n) is 2.92. The van der Waals surface area contributed by atoms with Gasteiger partial charge in [-0.15, -0.1) is 0 Å². The standard InChI is InChI=1S/C11H20N2O3/c1-8(12)5-6-10(14)13-7-3-2-4-9(13)11(15)16/h8-9H,2-7,12H2,1H3,(H,15,16)/t8?,9-/m0/s1. The summed E-state index contributed by atoms with van der Waals surface area (Å²) in [5.74, 6) is -0.974. The highest BCUT2D eigenvalue weighted by Gasteiger charge is 2.31. The van der Waals surface area contributed by atoms with Gasteiger partial charge in [0, 0.05) is 19.0 Å². The van der Waals surface area contributed by atoms with Gasteiger partial charge in [-0.2, -0.15) is 0 Å². The number of rotatable bonds is 4. The highest BCUT2D eigenvalue weighted by Crippen LogP contribution is 2.18. The van der Waals surface area contributed by atoms with Crippen LogP contribution in [-0.2, 0) is 9.59 Å². The van der Waals surface area contributed by atoms with Crippen molar-refractivity contribution in [2.75, 3.05) is 6.54 Å². The average molecular weight is 228 g/mol. The van der Waals surface area contributed by atoms with E-state index >= 15 is 0 Å². The Morgan fingerprint density at radius 2 is 2.19 bits per heavy atom. The van der Waals surface area contributed by atoms with Crippen molar-refractivity contribution in [3.63, 3.8) is 0 Å². The molecule has 1 amide bonds. The topological polar surface area (TPSA) is 83.6 Å². The second-order valence-electron chi connectivity index (χ2n) is 4.45. The first-order valence-corrected chi connectivity index (χ1v) is 5.80. The molecule has 0 radical (unpaired) electrons. The van der Waals surface area contributed by atoms with Gasteiger partial charge in [0.25, 0.3) is 0 Å². The van der Waals surface area contributed by atoms with Crippen molar-refractivity contribution in [1.29, 1.82) is 0 Å². The minimum atomic E-state index is -0.895. The monoisotopic (exact) mass is 228 g/mol. The molecule has 2 atom stereocenters. The Labute approximate surface area is 95.6 Å². The maximum absolute atomic E-state index is 11.8. The van der Waals surface area contributed by atoms with Crippen molar-refractivity contribution in [3.8, 4) is 0 Å². The van der Waals surface area contributed by atoms with Gasteiger partial charge in [0.05, 0.1) is 0 Å². The SMILES string of the molecule is CC(N)CCC(=O)N1CCCC[C@H]1C(=O)O. The van der Waals surface area contributed by atoms with Crippen molar-refractivity contribution in [3.05, 3.63) is 0 Å². The number of carboxylic acid groups (broad SMARTS) is 1. The highest BCUT2D eigenvalue weighted by molar-refractivity contribution is 5.83. The van der Waals surface area contributed by atoms with E-state index in [1.54, 1.807) is 0 Å². The first-order valence-electron chi connectivity index (χ1n) is 5.80. The number of carboxylic acids is 1. The lowest BCUT2D eigenvalue weighted by molar-refractivity contribution is -0.152. The summed E-state index contributed by atoms with van der Waals surface area (Å²) in [6, 6.07) is -0.647. The smallest absolute Gasteiger partial charge is 0.326 e. The van der Waals surface area contributed by atoms with E-state index in [4.69, 9.17) is 10.8 Å². The summed E-state index contributed by atoms with van der Waals surface area (Å²) in [6.45, 7) is 2.41. The summed E-state index contributed by atoms with van der Waals surface area (Å²) in [6.07, 6.45) is 3.31. The van der Waals surface area contributed by atoms with Crippen LogP contribution in [0.15, 0.2) is 0 Å². The van der Waals surface area contributed by atoms with E-state index in [-0.39, 0.29) is 11.9 Å². The molecule has 1 fully saturated rings. The predicted octanol–water partition coefficient (Wildman–Crippen LogP) is 0.579. The summed E-state index contributed by atoms with van der Waals surface area (Å²) in [5, 5.41) is 9.02. The molecule has 92 valence electrons. The Kier molecular flexibility index (Phi) is 4.73. The van der Waals surface area contributed by atoms with E-state index in [2.05, 4.69) is 0 Å². The molecule has 1 heterocycles. The minimum Gasteiger partial charge on any atom is -0.480 e. The zero-order valence-corrected chi connectivity index (χ0v) is 9.69. The van der Waals surface area contributed by atoms with Crippen LogP contribution in [-0.4, -0.2) is 40.5 Å². The van der Waals surface area contributed by atoms with E-state index in [0.29, 0.717) is 25.8 Å². The lowest BCUT2D eigenvalue weighted by Gasteiger charge is -2.33. The summed E-state index contributed by atoms with van der Waals surface area (Å²) in [4.78, 5) is 24.3. The van der Waals surface area contributed by atoms with Crippen LogP contribution in [0.4, 0.5) is 0 Å². The van der Waals surface area contributed by atoms with Gasteiger partial charge in [0.2, 0.25) is 5.91 Å². The molecule has 1 saturated heterocycles. The van der Waals surface area contributed by atoms with E-state index in [0.717, 1.165) is 12.8 Å².